The Morgan fingerprint density at radius 2 is 1.63 bits per heavy atom. The maximum atomic E-state index is 12.7. The molecule has 1 saturated heterocycles. The highest BCUT2D eigenvalue weighted by molar-refractivity contribution is 5.95. The van der Waals surface area contributed by atoms with Gasteiger partial charge in [-0.3, -0.25) is 4.79 Å². The van der Waals surface area contributed by atoms with Gasteiger partial charge in [-0.25, -0.2) is 9.59 Å². The van der Waals surface area contributed by atoms with Gasteiger partial charge in [0, 0.05) is 24.5 Å². The first-order valence-corrected chi connectivity index (χ1v) is 11.7. The van der Waals surface area contributed by atoms with Gasteiger partial charge < -0.3 is 29.7 Å². The molecule has 0 aromatic heterocycles. The summed E-state index contributed by atoms with van der Waals surface area (Å²) < 4.78 is 15.9. The van der Waals surface area contributed by atoms with Crippen LogP contribution in [0, 0.1) is 5.92 Å². The van der Waals surface area contributed by atoms with E-state index in [-0.39, 0.29) is 12.5 Å². The van der Waals surface area contributed by atoms with Crippen molar-refractivity contribution in [2.75, 3.05) is 36.5 Å². The molecule has 0 spiro atoms. The highest BCUT2D eigenvalue weighted by Gasteiger charge is 2.29. The Morgan fingerprint density at radius 1 is 0.971 bits per heavy atom. The fourth-order valence-corrected chi connectivity index (χ4v) is 3.51. The second-order valence-corrected chi connectivity index (χ2v) is 8.64. The molecule has 9 heteroatoms. The average Bonchev–Trinajstić information content (AvgIpc) is 2.87. The summed E-state index contributed by atoms with van der Waals surface area (Å²) in [7, 11) is 0. The first-order chi connectivity index (χ1) is 16.8. The predicted molar refractivity (Wildman–Crippen MR) is 132 cm³/mol. The molecular weight excluding hydrogens is 450 g/mol. The summed E-state index contributed by atoms with van der Waals surface area (Å²) in [5.41, 5.74) is 2.48. The Labute approximate surface area is 205 Å². The van der Waals surface area contributed by atoms with Gasteiger partial charge >= 0.3 is 12.1 Å². The predicted octanol–water partition coefficient (Wildman–Crippen LogP) is 3.34. The molecule has 2 atom stereocenters. The zero-order valence-electron chi connectivity index (χ0n) is 20.4. The minimum Gasteiger partial charge on any atom is -0.451 e. The van der Waals surface area contributed by atoms with Crippen molar-refractivity contribution in [3.8, 4) is 0 Å². The maximum Gasteiger partial charge on any atom is 0.408 e. The number of carbonyl (C=O) groups is 3. The second kappa shape index (κ2) is 12.8. The van der Waals surface area contributed by atoms with E-state index in [1.54, 1.807) is 26.0 Å². The summed E-state index contributed by atoms with van der Waals surface area (Å²) in [6.07, 6.45) is -1.79. The number of hydrogen-bond acceptors (Lipinski definition) is 7. The van der Waals surface area contributed by atoms with Crippen LogP contribution in [0.2, 0.25) is 0 Å². The number of rotatable bonds is 9. The SMILES string of the molecule is CC(C)[C@H](NC(=O)OCc1ccccc1)C(=O)O[C@H](C)C(=O)Nc1ccc(N2CCOCC2)cc1. The van der Waals surface area contributed by atoms with E-state index in [9.17, 15) is 14.4 Å². The Hall–Kier alpha value is -3.59. The molecule has 2 N–H and O–H groups in total. The lowest BCUT2D eigenvalue weighted by atomic mass is 10.1. The zero-order valence-corrected chi connectivity index (χ0v) is 20.4. The topological polar surface area (TPSA) is 106 Å². The van der Waals surface area contributed by atoms with Gasteiger partial charge in [-0.1, -0.05) is 44.2 Å². The molecular formula is C26H33N3O6. The van der Waals surface area contributed by atoms with Crippen LogP contribution in [0.5, 0.6) is 0 Å². The molecule has 2 aromatic carbocycles. The molecule has 3 rings (SSSR count). The number of hydrogen-bond donors (Lipinski definition) is 2. The van der Waals surface area contributed by atoms with Crippen molar-refractivity contribution in [1.29, 1.82) is 0 Å². The van der Waals surface area contributed by atoms with Crippen molar-refractivity contribution >= 4 is 29.3 Å². The molecule has 188 valence electrons. The van der Waals surface area contributed by atoms with Gasteiger partial charge in [0.05, 0.1) is 13.2 Å². The molecule has 1 aliphatic rings. The summed E-state index contributed by atoms with van der Waals surface area (Å²) in [5.74, 6) is -1.44. The van der Waals surface area contributed by atoms with Crippen LogP contribution < -0.4 is 15.5 Å². The number of ether oxygens (including phenoxy) is 3. The van der Waals surface area contributed by atoms with Gasteiger partial charge in [0.25, 0.3) is 5.91 Å². The number of anilines is 2. The van der Waals surface area contributed by atoms with E-state index >= 15 is 0 Å². The lowest BCUT2D eigenvalue weighted by Crippen LogP contribution is -2.47. The summed E-state index contributed by atoms with van der Waals surface area (Å²) in [5, 5.41) is 5.29. The molecule has 1 fully saturated rings. The van der Waals surface area contributed by atoms with Gasteiger partial charge in [0.1, 0.15) is 12.6 Å². The first kappa shape index (κ1) is 26.0. The van der Waals surface area contributed by atoms with Gasteiger partial charge in [0.15, 0.2) is 6.10 Å². The minimum absolute atomic E-state index is 0.0790. The molecule has 0 radical (unpaired) electrons. The van der Waals surface area contributed by atoms with E-state index in [0.717, 1.165) is 24.3 Å². The van der Waals surface area contributed by atoms with Crippen molar-refractivity contribution in [1.82, 2.24) is 5.32 Å². The van der Waals surface area contributed by atoms with E-state index in [1.165, 1.54) is 6.92 Å². The van der Waals surface area contributed by atoms with Gasteiger partial charge in [0.2, 0.25) is 0 Å². The summed E-state index contributed by atoms with van der Waals surface area (Å²) in [6.45, 7) is 8.13. The Kier molecular flexibility index (Phi) is 9.48. The van der Waals surface area contributed by atoms with E-state index in [4.69, 9.17) is 14.2 Å². The number of nitrogens with zero attached hydrogens (tertiary/aromatic N) is 1. The zero-order chi connectivity index (χ0) is 25.2. The fourth-order valence-electron chi connectivity index (χ4n) is 3.51. The van der Waals surface area contributed by atoms with Gasteiger partial charge in [-0.15, -0.1) is 0 Å². The smallest absolute Gasteiger partial charge is 0.408 e. The molecule has 2 aromatic rings. The quantitative estimate of drug-likeness (QED) is 0.527. The van der Waals surface area contributed by atoms with Crippen molar-refractivity contribution in [3.63, 3.8) is 0 Å². The third-order valence-electron chi connectivity index (χ3n) is 5.58. The first-order valence-electron chi connectivity index (χ1n) is 11.7. The maximum absolute atomic E-state index is 12.7. The monoisotopic (exact) mass is 483 g/mol. The number of benzene rings is 2. The molecule has 0 aliphatic carbocycles. The average molecular weight is 484 g/mol. The lowest BCUT2D eigenvalue weighted by molar-refractivity contribution is -0.156. The number of carbonyl (C=O) groups excluding carboxylic acids is 3. The van der Waals surface area contributed by atoms with E-state index < -0.39 is 30.1 Å². The summed E-state index contributed by atoms with van der Waals surface area (Å²) in [6, 6.07) is 15.7. The Morgan fingerprint density at radius 3 is 2.26 bits per heavy atom. The largest absolute Gasteiger partial charge is 0.451 e. The molecule has 2 amide bonds. The van der Waals surface area contributed by atoms with Crippen LogP contribution in [0.25, 0.3) is 0 Å². The number of alkyl carbamates (subject to hydrolysis) is 1. The van der Waals surface area contributed by atoms with Crippen LogP contribution in [0.4, 0.5) is 16.2 Å². The van der Waals surface area contributed by atoms with Crippen molar-refractivity contribution in [2.24, 2.45) is 5.92 Å². The number of esters is 1. The molecule has 1 aliphatic heterocycles. The van der Waals surface area contributed by atoms with E-state index in [2.05, 4.69) is 15.5 Å². The second-order valence-electron chi connectivity index (χ2n) is 8.64. The number of nitrogens with one attached hydrogen (secondary N) is 2. The van der Waals surface area contributed by atoms with Crippen LogP contribution in [0.3, 0.4) is 0 Å². The molecule has 1 heterocycles. The van der Waals surface area contributed by atoms with Gasteiger partial charge in [-0.05, 0) is 42.7 Å². The molecule has 0 saturated carbocycles. The highest BCUT2D eigenvalue weighted by atomic mass is 16.6. The van der Waals surface area contributed by atoms with Crippen molar-refractivity contribution in [3.05, 3.63) is 60.2 Å². The highest BCUT2D eigenvalue weighted by Crippen LogP contribution is 2.19. The van der Waals surface area contributed by atoms with Crippen LogP contribution >= 0.6 is 0 Å². The number of amides is 2. The Bertz CT molecular complexity index is 974. The molecule has 9 nitrogen and oxygen atoms in total. The fraction of sp³-hybridized carbons (Fsp3) is 0.423. The Balaban J connectivity index is 1.48. The molecule has 0 bridgehead atoms. The van der Waals surface area contributed by atoms with Crippen LogP contribution in [0.15, 0.2) is 54.6 Å². The van der Waals surface area contributed by atoms with Crippen LogP contribution in [0.1, 0.15) is 26.3 Å². The van der Waals surface area contributed by atoms with Gasteiger partial charge in [-0.2, -0.15) is 0 Å². The van der Waals surface area contributed by atoms with E-state index in [1.807, 2.05) is 42.5 Å². The number of morpholine rings is 1. The summed E-state index contributed by atoms with van der Waals surface area (Å²) in [4.78, 5) is 39.7. The van der Waals surface area contributed by atoms with E-state index in [0.29, 0.717) is 18.9 Å². The standard InChI is InChI=1S/C26H33N3O6/c1-18(2)23(28-26(32)34-17-20-7-5-4-6-8-20)25(31)35-19(3)24(30)27-21-9-11-22(12-10-21)29-13-15-33-16-14-29/h4-12,18-19,23H,13-17H2,1-3H3,(H,27,30)(H,28,32)/t19-,23+/m1/s1. The third kappa shape index (κ3) is 7.99. The third-order valence-corrected chi connectivity index (χ3v) is 5.58. The van der Waals surface area contributed by atoms with Crippen LogP contribution in [-0.2, 0) is 30.4 Å². The van der Waals surface area contributed by atoms with Crippen molar-refractivity contribution in [2.45, 2.75) is 39.5 Å². The van der Waals surface area contributed by atoms with Crippen molar-refractivity contribution < 1.29 is 28.6 Å². The minimum atomic E-state index is -1.05. The van der Waals surface area contributed by atoms with Crippen LogP contribution in [-0.4, -0.2) is 56.4 Å². The lowest BCUT2D eigenvalue weighted by Gasteiger charge is -2.29. The molecule has 35 heavy (non-hydrogen) atoms. The molecule has 0 unspecified atom stereocenters. The normalized spacial score (nSPS) is 15.1. The summed E-state index contributed by atoms with van der Waals surface area (Å²) >= 11 is 0.